The summed E-state index contributed by atoms with van der Waals surface area (Å²) < 4.78 is 148. The van der Waals surface area contributed by atoms with Crippen LogP contribution in [0.15, 0.2) is 0 Å². The maximum Gasteiger partial charge on any atom is 0.438 e. The predicted molar refractivity (Wildman–Crippen MR) is 30.8 cm³/mol. The molecule has 19 heavy (non-hydrogen) atoms. The van der Waals surface area contributed by atoms with Crippen LogP contribution < -0.4 is 0 Å². The average Bonchev–Trinajstić information content (AvgIpc) is 2.62. The SMILES string of the molecule is FC(F)(F)C(F)(C(F)(F)F)C(F)(F)C1(F)OC1(F)F. The van der Waals surface area contributed by atoms with E-state index in [1.807, 2.05) is 0 Å². The Morgan fingerprint density at radius 1 is 0.632 bits per heavy atom. The monoisotopic (exact) mass is 316 g/mol. The number of rotatable bonds is 2. The van der Waals surface area contributed by atoms with E-state index in [1.54, 1.807) is 0 Å². The van der Waals surface area contributed by atoms with Gasteiger partial charge in [-0.05, 0) is 0 Å². The summed E-state index contributed by atoms with van der Waals surface area (Å²) in [6, 6.07) is 0. The molecule has 0 bridgehead atoms. The summed E-state index contributed by atoms with van der Waals surface area (Å²) in [5, 5.41) is 0. The molecule has 0 aromatic carbocycles. The zero-order valence-electron chi connectivity index (χ0n) is 7.94. The topological polar surface area (TPSA) is 12.5 Å². The average molecular weight is 316 g/mol. The lowest BCUT2D eigenvalue weighted by molar-refractivity contribution is -0.414. The van der Waals surface area contributed by atoms with Crippen molar-refractivity contribution in [3.8, 4) is 0 Å². The van der Waals surface area contributed by atoms with Crippen LogP contribution in [0.5, 0.6) is 0 Å². The summed E-state index contributed by atoms with van der Waals surface area (Å²) in [4.78, 5) is 0. The normalized spacial score (nSPS) is 28.4. The fourth-order valence-electron chi connectivity index (χ4n) is 1.14. The van der Waals surface area contributed by atoms with Crippen LogP contribution in [-0.4, -0.2) is 35.9 Å². The Hall–Kier alpha value is -0.880. The second-order valence-corrected chi connectivity index (χ2v) is 3.44. The third kappa shape index (κ3) is 1.69. The van der Waals surface area contributed by atoms with Crippen LogP contribution >= 0.6 is 0 Å². The third-order valence-electron chi connectivity index (χ3n) is 2.22. The Labute approximate surface area is 94.7 Å². The Morgan fingerprint density at radius 3 is 1.05 bits per heavy atom. The molecule has 0 aliphatic carbocycles. The van der Waals surface area contributed by atoms with Crippen LogP contribution in [-0.2, 0) is 4.74 Å². The van der Waals surface area contributed by atoms with Crippen molar-refractivity contribution in [2.75, 3.05) is 0 Å². The molecule has 1 nitrogen and oxygen atoms in total. The van der Waals surface area contributed by atoms with Gasteiger partial charge < -0.3 is 0 Å². The van der Waals surface area contributed by atoms with Crippen molar-refractivity contribution >= 4 is 0 Å². The highest BCUT2D eigenvalue weighted by Gasteiger charge is 3.00. The van der Waals surface area contributed by atoms with Gasteiger partial charge in [0.05, 0.1) is 0 Å². The zero-order valence-corrected chi connectivity index (χ0v) is 7.94. The van der Waals surface area contributed by atoms with E-state index >= 15 is 0 Å². The molecule has 1 heterocycles. The van der Waals surface area contributed by atoms with Crippen molar-refractivity contribution < 1.29 is 57.4 Å². The highest BCUT2D eigenvalue weighted by atomic mass is 19.4. The molecule has 1 saturated heterocycles. The van der Waals surface area contributed by atoms with Crippen molar-refractivity contribution in [1.29, 1.82) is 0 Å². The molecule has 0 N–H and O–H groups in total. The van der Waals surface area contributed by atoms with Crippen molar-refractivity contribution in [1.82, 2.24) is 0 Å². The van der Waals surface area contributed by atoms with Crippen LogP contribution in [0.25, 0.3) is 0 Å². The van der Waals surface area contributed by atoms with Crippen LogP contribution in [0.3, 0.4) is 0 Å². The van der Waals surface area contributed by atoms with Gasteiger partial charge in [-0.25, -0.2) is 4.39 Å². The van der Waals surface area contributed by atoms with Gasteiger partial charge in [0.2, 0.25) is 0 Å². The zero-order chi connectivity index (χ0) is 15.7. The minimum Gasteiger partial charge on any atom is -0.265 e. The second-order valence-electron chi connectivity index (χ2n) is 3.44. The Morgan fingerprint density at radius 2 is 0.895 bits per heavy atom. The van der Waals surface area contributed by atoms with E-state index in [9.17, 15) is 52.7 Å². The lowest BCUT2D eigenvalue weighted by Crippen LogP contribution is -2.69. The van der Waals surface area contributed by atoms with Crippen LogP contribution in [0.2, 0.25) is 0 Å². The number of ether oxygens (including phenoxy) is 1. The fraction of sp³-hybridized carbons (Fsp3) is 1.00. The maximum absolute atomic E-state index is 12.8. The van der Waals surface area contributed by atoms with Crippen molar-refractivity contribution in [2.45, 2.75) is 35.9 Å². The lowest BCUT2D eigenvalue weighted by Gasteiger charge is -2.36. The van der Waals surface area contributed by atoms with Gasteiger partial charge in [0, 0.05) is 0 Å². The molecule has 1 aliphatic heterocycles. The molecule has 0 amide bonds. The Balaban J connectivity index is 3.45. The van der Waals surface area contributed by atoms with Crippen molar-refractivity contribution in [3.05, 3.63) is 0 Å². The largest absolute Gasteiger partial charge is 0.438 e. The number of hydrogen-bond donors (Lipinski definition) is 0. The van der Waals surface area contributed by atoms with Crippen LogP contribution in [0.4, 0.5) is 52.7 Å². The predicted octanol–water partition coefficient (Wildman–Crippen LogP) is 3.74. The summed E-state index contributed by atoms with van der Waals surface area (Å²) in [7, 11) is 0. The Bertz CT molecular complexity index is 365. The molecule has 0 aromatic heterocycles. The van der Waals surface area contributed by atoms with Gasteiger partial charge in [-0.2, -0.15) is 48.3 Å². The molecule has 114 valence electrons. The summed E-state index contributed by atoms with van der Waals surface area (Å²) in [5.74, 6) is -13.3. The maximum atomic E-state index is 12.8. The molecule has 1 rings (SSSR count). The first-order valence-electron chi connectivity index (χ1n) is 3.93. The first-order chi connectivity index (χ1) is 7.96. The summed E-state index contributed by atoms with van der Waals surface area (Å²) in [6.07, 6.45) is -20.5. The first-order valence-corrected chi connectivity index (χ1v) is 3.93. The highest BCUT2D eigenvalue weighted by Crippen LogP contribution is 2.68. The fourth-order valence-corrected chi connectivity index (χ4v) is 1.14. The van der Waals surface area contributed by atoms with E-state index in [4.69, 9.17) is 0 Å². The molecular weight excluding hydrogens is 316 g/mol. The second kappa shape index (κ2) is 3.41. The van der Waals surface area contributed by atoms with Gasteiger partial charge in [-0.15, -0.1) is 0 Å². The number of alkyl halides is 12. The highest BCUT2D eigenvalue weighted by molar-refractivity contribution is 5.18. The lowest BCUT2D eigenvalue weighted by atomic mass is 9.92. The molecule has 0 spiro atoms. The molecule has 1 aliphatic rings. The number of halogens is 12. The number of epoxide rings is 1. The van der Waals surface area contributed by atoms with Crippen molar-refractivity contribution in [3.63, 3.8) is 0 Å². The van der Waals surface area contributed by atoms with Crippen LogP contribution in [0.1, 0.15) is 0 Å². The first kappa shape index (κ1) is 16.2. The molecule has 0 radical (unpaired) electrons. The summed E-state index contributed by atoms with van der Waals surface area (Å²) in [6.45, 7) is 0. The van der Waals surface area contributed by atoms with E-state index in [1.165, 1.54) is 0 Å². The molecule has 13 heteroatoms. The van der Waals surface area contributed by atoms with Gasteiger partial charge >= 0.3 is 35.9 Å². The van der Waals surface area contributed by atoms with Gasteiger partial charge in [0.25, 0.3) is 0 Å². The van der Waals surface area contributed by atoms with Gasteiger partial charge in [0.15, 0.2) is 0 Å². The number of hydrogen-bond acceptors (Lipinski definition) is 1. The minimum absolute atomic E-state index is 2.20. The molecule has 0 saturated carbocycles. The van der Waals surface area contributed by atoms with Gasteiger partial charge in [-0.1, -0.05) is 0 Å². The molecular formula is C6F12O. The van der Waals surface area contributed by atoms with E-state index < -0.39 is 35.9 Å². The minimum atomic E-state index is -7.54. The molecule has 0 aromatic rings. The summed E-state index contributed by atoms with van der Waals surface area (Å²) in [5.41, 5.74) is -7.54. The van der Waals surface area contributed by atoms with Crippen LogP contribution in [0, 0.1) is 0 Å². The van der Waals surface area contributed by atoms with E-state index in [2.05, 4.69) is 4.74 Å². The van der Waals surface area contributed by atoms with Gasteiger partial charge in [-0.3, -0.25) is 4.74 Å². The molecule has 1 unspecified atom stereocenters. The smallest absolute Gasteiger partial charge is 0.265 e. The van der Waals surface area contributed by atoms with E-state index in [0.717, 1.165) is 0 Å². The van der Waals surface area contributed by atoms with E-state index in [0.29, 0.717) is 0 Å². The Kier molecular flexibility index (Phi) is 2.90. The van der Waals surface area contributed by atoms with E-state index in [-0.39, 0.29) is 0 Å². The molecule has 1 fully saturated rings. The summed E-state index contributed by atoms with van der Waals surface area (Å²) >= 11 is 0. The third-order valence-corrected chi connectivity index (χ3v) is 2.22. The standard InChI is InChI=1S/C6F12O/c7-1(4(11,12)13,5(14,15)16)2(8,9)3(10)6(17,18)19-3. The van der Waals surface area contributed by atoms with Gasteiger partial charge in [0.1, 0.15) is 0 Å². The quantitative estimate of drug-likeness (QED) is 0.558. The van der Waals surface area contributed by atoms with Crippen molar-refractivity contribution in [2.24, 2.45) is 0 Å². The molecule has 1 atom stereocenters.